The van der Waals surface area contributed by atoms with Crippen LogP contribution < -0.4 is 0 Å². The van der Waals surface area contributed by atoms with E-state index in [1.807, 2.05) is 11.5 Å². The zero-order valence-electron chi connectivity index (χ0n) is 15.1. The molecule has 1 aromatic carbocycles. The van der Waals surface area contributed by atoms with E-state index in [4.69, 9.17) is 0 Å². The largest absolute Gasteiger partial charge is 0.477 e. The summed E-state index contributed by atoms with van der Waals surface area (Å²) in [5.74, 6) is -0.799. The molecule has 0 saturated carbocycles. The predicted octanol–water partition coefficient (Wildman–Crippen LogP) is 3.19. The van der Waals surface area contributed by atoms with Gasteiger partial charge in [0.15, 0.2) is 11.4 Å². The van der Waals surface area contributed by atoms with Gasteiger partial charge < -0.3 is 5.11 Å². The number of carboxylic acids is 1. The minimum Gasteiger partial charge on any atom is -0.477 e. The normalized spacial score (nSPS) is 20.8. The van der Waals surface area contributed by atoms with Gasteiger partial charge in [-0.15, -0.1) is 0 Å². The van der Waals surface area contributed by atoms with Gasteiger partial charge in [0, 0.05) is 37.1 Å². The number of nitrogens with zero attached hydrogens (tertiary/aromatic N) is 2. The third-order valence-corrected chi connectivity index (χ3v) is 6.12. The highest BCUT2D eigenvalue weighted by molar-refractivity contribution is 5.97. The first-order valence-electron chi connectivity index (χ1n) is 8.09. The average molecular weight is 314 g/mol. The fraction of sp³-hybridized carbons (Fsp3) is 0.526. The number of carbonyl (C=O) groups is 1. The Morgan fingerprint density at radius 1 is 1.00 bits per heavy atom. The molecule has 0 spiro atoms. The monoisotopic (exact) mass is 314 g/mol. The summed E-state index contributed by atoms with van der Waals surface area (Å²) in [6.07, 6.45) is 0. The highest BCUT2D eigenvalue weighted by Crippen LogP contribution is 2.47. The van der Waals surface area contributed by atoms with Gasteiger partial charge in [-0.25, -0.2) is 9.37 Å². The van der Waals surface area contributed by atoms with Gasteiger partial charge >= 0.3 is 5.97 Å². The number of aliphatic carboxylic acids is 1. The van der Waals surface area contributed by atoms with Crippen molar-refractivity contribution in [3.8, 4) is 0 Å². The molecule has 2 aliphatic rings. The molecule has 23 heavy (non-hydrogen) atoms. The Balaban J connectivity index is 2.29. The summed E-state index contributed by atoms with van der Waals surface area (Å²) >= 11 is 0. The molecular formula is C19H26N2O2+2. The second kappa shape index (κ2) is 4.53. The summed E-state index contributed by atoms with van der Waals surface area (Å²) < 4.78 is 4.22. The van der Waals surface area contributed by atoms with E-state index in [2.05, 4.69) is 58.4 Å². The summed E-state index contributed by atoms with van der Waals surface area (Å²) in [5, 5.41) is 9.30. The summed E-state index contributed by atoms with van der Waals surface area (Å²) in [6.45, 7) is 13.0. The summed E-state index contributed by atoms with van der Waals surface area (Å²) in [5.41, 5.74) is 7.01. The van der Waals surface area contributed by atoms with E-state index < -0.39 is 5.97 Å². The first-order chi connectivity index (χ1) is 10.5. The van der Waals surface area contributed by atoms with E-state index in [1.54, 1.807) is 0 Å². The molecule has 0 saturated heterocycles. The Bertz CT molecular complexity index is 811. The van der Waals surface area contributed by atoms with Gasteiger partial charge in [-0.3, -0.25) is 0 Å². The third kappa shape index (κ3) is 1.93. The van der Waals surface area contributed by atoms with E-state index >= 15 is 0 Å². The number of rotatable bonds is 2. The van der Waals surface area contributed by atoms with E-state index in [-0.39, 0.29) is 17.4 Å². The first-order valence-corrected chi connectivity index (χ1v) is 8.09. The van der Waals surface area contributed by atoms with Crippen LogP contribution in [0.4, 0.5) is 11.4 Å². The first kappa shape index (κ1) is 15.9. The highest BCUT2D eigenvalue weighted by atomic mass is 16.4. The molecule has 0 unspecified atom stereocenters. The maximum atomic E-state index is 11.3. The lowest BCUT2D eigenvalue weighted by Gasteiger charge is -2.17. The number of benzene rings is 1. The van der Waals surface area contributed by atoms with Crippen LogP contribution in [-0.2, 0) is 15.6 Å². The zero-order valence-corrected chi connectivity index (χ0v) is 15.1. The Morgan fingerprint density at radius 3 is 2.04 bits per heavy atom. The summed E-state index contributed by atoms with van der Waals surface area (Å²) in [4.78, 5) is 11.3. The number of carboxylic acid groups (broad SMARTS) is 1. The maximum absolute atomic E-state index is 11.3. The minimum atomic E-state index is -0.799. The van der Waals surface area contributed by atoms with Crippen LogP contribution in [0.3, 0.4) is 0 Å². The van der Waals surface area contributed by atoms with Crippen LogP contribution in [0.25, 0.3) is 0 Å². The number of fused-ring (bicyclic) bond motifs is 2. The van der Waals surface area contributed by atoms with E-state index in [1.165, 1.54) is 22.5 Å². The maximum Gasteiger partial charge on any atom is 0.370 e. The van der Waals surface area contributed by atoms with Gasteiger partial charge in [0.25, 0.3) is 0 Å². The van der Waals surface area contributed by atoms with Crippen LogP contribution in [0.15, 0.2) is 12.1 Å². The van der Waals surface area contributed by atoms with Crippen molar-refractivity contribution >= 4 is 28.8 Å². The van der Waals surface area contributed by atoms with Crippen LogP contribution in [0.1, 0.15) is 52.7 Å². The Kier molecular flexibility index (Phi) is 3.13. The van der Waals surface area contributed by atoms with Crippen LogP contribution >= 0.6 is 0 Å². The van der Waals surface area contributed by atoms with Gasteiger partial charge in [0.05, 0.1) is 10.8 Å². The molecule has 0 bridgehead atoms. The predicted molar refractivity (Wildman–Crippen MR) is 92.1 cm³/mol. The van der Waals surface area contributed by atoms with Crippen molar-refractivity contribution in [2.24, 2.45) is 0 Å². The highest BCUT2D eigenvalue weighted by Gasteiger charge is 2.49. The van der Waals surface area contributed by atoms with Crippen LogP contribution in [0.5, 0.6) is 0 Å². The van der Waals surface area contributed by atoms with Crippen LogP contribution in [-0.4, -0.2) is 45.2 Å². The van der Waals surface area contributed by atoms with Crippen molar-refractivity contribution in [2.45, 2.75) is 52.4 Å². The van der Waals surface area contributed by atoms with Crippen molar-refractivity contribution in [3.05, 3.63) is 23.3 Å². The number of hydrogen-bond acceptors (Lipinski definition) is 1. The van der Waals surface area contributed by atoms with Gasteiger partial charge in [-0.1, -0.05) is 0 Å². The quantitative estimate of drug-likeness (QED) is 0.852. The summed E-state index contributed by atoms with van der Waals surface area (Å²) in [7, 11) is 2.11. The smallest absolute Gasteiger partial charge is 0.370 e. The van der Waals surface area contributed by atoms with E-state index in [0.29, 0.717) is 0 Å². The van der Waals surface area contributed by atoms with Crippen LogP contribution in [0, 0.1) is 0 Å². The fourth-order valence-electron chi connectivity index (χ4n) is 3.93. The van der Waals surface area contributed by atoms with Gasteiger partial charge in [-0.05, 0) is 27.7 Å². The lowest BCUT2D eigenvalue weighted by Crippen LogP contribution is -2.28. The second-order valence-electron chi connectivity index (χ2n) is 7.85. The second-order valence-corrected chi connectivity index (χ2v) is 7.85. The van der Waals surface area contributed by atoms with Crippen molar-refractivity contribution in [2.75, 3.05) is 13.6 Å². The lowest BCUT2D eigenvalue weighted by molar-refractivity contribution is -0.429. The SMILES string of the molecule is CC1=[N+](C)c2cc3c(cc2C1(C)C)[N+](CC(=O)O)=C(C)C3(C)C. The Labute approximate surface area is 137 Å². The molecule has 0 aromatic heterocycles. The molecule has 1 N–H and O–H groups in total. The third-order valence-electron chi connectivity index (χ3n) is 6.12. The molecule has 122 valence electrons. The molecule has 0 atom stereocenters. The van der Waals surface area contributed by atoms with Crippen molar-refractivity contribution in [3.63, 3.8) is 0 Å². The topological polar surface area (TPSA) is 43.3 Å². The zero-order chi connectivity index (χ0) is 17.3. The van der Waals surface area contributed by atoms with Crippen molar-refractivity contribution in [1.29, 1.82) is 0 Å². The Morgan fingerprint density at radius 2 is 1.48 bits per heavy atom. The molecule has 2 heterocycles. The molecule has 1 aromatic rings. The van der Waals surface area contributed by atoms with Gasteiger partial charge in [0.1, 0.15) is 7.05 Å². The summed E-state index contributed by atoms with van der Waals surface area (Å²) in [6, 6.07) is 4.47. The lowest BCUT2D eigenvalue weighted by atomic mass is 9.78. The molecular weight excluding hydrogens is 288 g/mol. The van der Waals surface area contributed by atoms with Crippen LogP contribution in [0.2, 0.25) is 0 Å². The molecule has 4 heteroatoms. The minimum absolute atomic E-state index is 0.0139. The van der Waals surface area contributed by atoms with Gasteiger partial charge in [-0.2, -0.15) is 4.58 Å². The molecule has 3 rings (SSSR count). The fourth-order valence-corrected chi connectivity index (χ4v) is 3.93. The molecule has 0 aliphatic carbocycles. The Hall–Kier alpha value is -1.97. The molecule has 2 aliphatic heterocycles. The standard InChI is InChI=1S/C19H25N2O2/c1-11-18(3,4)13-9-16-14(8-15(13)20(11)7)19(5,6)12(2)21(16)10-17(22)23/h8-9H,10H2,1-7H3/q+1/p+1. The van der Waals surface area contributed by atoms with E-state index in [9.17, 15) is 9.90 Å². The molecule has 4 nitrogen and oxygen atoms in total. The average Bonchev–Trinajstić information content (AvgIpc) is 2.74. The molecule has 0 radical (unpaired) electrons. The van der Waals surface area contributed by atoms with Gasteiger partial charge in [0.2, 0.25) is 17.9 Å². The van der Waals surface area contributed by atoms with Crippen molar-refractivity contribution < 1.29 is 19.1 Å². The molecule has 0 fully saturated rings. The van der Waals surface area contributed by atoms with Crippen molar-refractivity contribution in [1.82, 2.24) is 0 Å². The van der Waals surface area contributed by atoms with E-state index in [0.717, 1.165) is 11.4 Å². The number of hydrogen-bond donors (Lipinski definition) is 1. The molecule has 0 amide bonds.